The summed E-state index contributed by atoms with van der Waals surface area (Å²) in [5.41, 5.74) is 3.66. The van der Waals surface area contributed by atoms with Gasteiger partial charge in [-0.25, -0.2) is 4.39 Å². The first-order valence-corrected chi connectivity index (χ1v) is 7.36. The van der Waals surface area contributed by atoms with Gasteiger partial charge in [0.1, 0.15) is 5.82 Å². The predicted molar refractivity (Wildman–Crippen MR) is 81.5 cm³/mol. The Hall–Kier alpha value is -1.71. The third kappa shape index (κ3) is 3.69. The molecule has 2 aromatic rings. The molecule has 21 heavy (non-hydrogen) atoms. The smallest absolute Gasteiger partial charge is 0.123 e. The first-order valence-electron chi connectivity index (χ1n) is 7.36. The number of benzene rings is 2. The lowest BCUT2D eigenvalue weighted by atomic mass is 10.1. The first kappa shape index (κ1) is 14.2. The summed E-state index contributed by atoms with van der Waals surface area (Å²) < 4.78 is 18.8. The van der Waals surface area contributed by atoms with E-state index < -0.39 is 0 Å². The molecule has 0 aliphatic carbocycles. The van der Waals surface area contributed by atoms with E-state index in [9.17, 15) is 4.39 Å². The number of ether oxygens (including phenoxy) is 1. The Bertz CT molecular complexity index is 596. The minimum atomic E-state index is -0.203. The van der Waals surface area contributed by atoms with Gasteiger partial charge in [0.05, 0.1) is 12.7 Å². The van der Waals surface area contributed by atoms with E-state index in [1.165, 1.54) is 23.3 Å². The summed E-state index contributed by atoms with van der Waals surface area (Å²) in [6, 6.07) is 15.2. The molecule has 0 saturated carbocycles. The highest BCUT2D eigenvalue weighted by Gasteiger charge is 2.21. The Balaban J connectivity index is 1.67. The molecule has 0 spiro atoms. The maximum atomic E-state index is 13.0. The maximum absolute atomic E-state index is 13.0. The average Bonchev–Trinajstić information content (AvgIpc) is 2.48. The fraction of sp³-hybridized carbons (Fsp3) is 0.333. The predicted octanol–water partition coefficient (Wildman–Crippen LogP) is 3.71. The molecule has 1 unspecified atom stereocenters. The van der Waals surface area contributed by atoms with Crippen LogP contribution in [0, 0.1) is 12.7 Å². The van der Waals surface area contributed by atoms with E-state index in [1.807, 2.05) is 12.1 Å². The Kier molecular flexibility index (Phi) is 4.32. The summed E-state index contributed by atoms with van der Waals surface area (Å²) in [6.45, 7) is 5.55. The molecule has 1 saturated heterocycles. The second kappa shape index (κ2) is 6.37. The summed E-state index contributed by atoms with van der Waals surface area (Å²) in [5, 5.41) is 0. The molecule has 2 aromatic carbocycles. The molecule has 1 heterocycles. The monoisotopic (exact) mass is 285 g/mol. The summed E-state index contributed by atoms with van der Waals surface area (Å²) in [6.07, 6.45) is 0.0316. The van der Waals surface area contributed by atoms with Crippen molar-refractivity contribution in [1.82, 2.24) is 4.90 Å². The maximum Gasteiger partial charge on any atom is 0.123 e. The SMILES string of the molecule is Cc1cccc(CN2CCOC(c3ccc(F)cc3)C2)c1. The van der Waals surface area contributed by atoms with Crippen molar-refractivity contribution in [1.29, 1.82) is 0 Å². The molecule has 110 valence electrons. The fourth-order valence-corrected chi connectivity index (χ4v) is 2.79. The molecule has 1 atom stereocenters. The number of aryl methyl sites for hydroxylation is 1. The van der Waals surface area contributed by atoms with Gasteiger partial charge in [-0.2, -0.15) is 0 Å². The van der Waals surface area contributed by atoms with Crippen molar-refractivity contribution in [2.24, 2.45) is 0 Å². The van der Waals surface area contributed by atoms with Crippen molar-refractivity contribution >= 4 is 0 Å². The lowest BCUT2D eigenvalue weighted by Crippen LogP contribution is -2.37. The van der Waals surface area contributed by atoms with E-state index in [4.69, 9.17) is 4.74 Å². The van der Waals surface area contributed by atoms with Crippen LogP contribution in [0.25, 0.3) is 0 Å². The molecular formula is C18H20FNO. The molecular weight excluding hydrogens is 265 g/mol. The number of nitrogens with zero attached hydrogens (tertiary/aromatic N) is 1. The lowest BCUT2D eigenvalue weighted by Gasteiger charge is -2.33. The zero-order chi connectivity index (χ0) is 14.7. The molecule has 3 rings (SSSR count). The molecule has 1 aliphatic heterocycles. The van der Waals surface area contributed by atoms with Crippen molar-refractivity contribution in [3.8, 4) is 0 Å². The third-order valence-corrected chi connectivity index (χ3v) is 3.88. The quantitative estimate of drug-likeness (QED) is 0.852. The van der Waals surface area contributed by atoms with E-state index in [0.717, 1.165) is 25.2 Å². The number of hydrogen-bond donors (Lipinski definition) is 0. The average molecular weight is 285 g/mol. The Labute approximate surface area is 125 Å². The highest BCUT2D eigenvalue weighted by molar-refractivity contribution is 5.23. The number of halogens is 1. The first-order chi connectivity index (χ1) is 10.2. The largest absolute Gasteiger partial charge is 0.371 e. The molecule has 0 N–H and O–H groups in total. The van der Waals surface area contributed by atoms with Crippen molar-refractivity contribution in [3.63, 3.8) is 0 Å². The van der Waals surface area contributed by atoms with E-state index in [2.05, 4.69) is 36.1 Å². The minimum absolute atomic E-state index is 0.0316. The van der Waals surface area contributed by atoms with Crippen LogP contribution < -0.4 is 0 Å². The third-order valence-electron chi connectivity index (χ3n) is 3.88. The highest BCUT2D eigenvalue weighted by atomic mass is 19.1. The minimum Gasteiger partial charge on any atom is -0.371 e. The molecule has 3 heteroatoms. The van der Waals surface area contributed by atoms with Crippen LogP contribution in [0.2, 0.25) is 0 Å². The van der Waals surface area contributed by atoms with Gasteiger partial charge >= 0.3 is 0 Å². The Morgan fingerprint density at radius 2 is 2.00 bits per heavy atom. The fourth-order valence-electron chi connectivity index (χ4n) is 2.79. The molecule has 0 radical (unpaired) electrons. The van der Waals surface area contributed by atoms with Gasteiger partial charge in [-0.05, 0) is 30.2 Å². The molecule has 0 aromatic heterocycles. The Morgan fingerprint density at radius 1 is 1.19 bits per heavy atom. The molecule has 1 aliphatic rings. The van der Waals surface area contributed by atoms with Gasteiger partial charge in [-0.15, -0.1) is 0 Å². The van der Waals surface area contributed by atoms with Crippen LogP contribution in [0.3, 0.4) is 0 Å². The van der Waals surface area contributed by atoms with E-state index >= 15 is 0 Å². The van der Waals surface area contributed by atoms with Crippen LogP contribution in [0.4, 0.5) is 4.39 Å². The van der Waals surface area contributed by atoms with Crippen molar-refractivity contribution in [3.05, 3.63) is 71.0 Å². The van der Waals surface area contributed by atoms with Crippen molar-refractivity contribution in [2.45, 2.75) is 19.6 Å². The van der Waals surface area contributed by atoms with Gasteiger partial charge in [-0.3, -0.25) is 4.90 Å². The van der Waals surface area contributed by atoms with Crippen LogP contribution in [0.5, 0.6) is 0 Å². The van der Waals surface area contributed by atoms with Gasteiger partial charge in [-0.1, -0.05) is 42.0 Å². The highest BCUT2D eigenvalue weighted by Crippen LogP contribution is 2.23. The standard InChI is InChI=1S/C18H20FNO/c1-14-3-2-4-15(11-14)12-20-9-10-21-18(13-20)16-5-7-17(19)8-6-16/h2-8,11,18H,9-10,12-13H2,1H3. The van der Waals surface area contributed by atoms with Gasteiger partial charge in [0, 0.05) is 19.6 Å². The topological polar surface area (TPSA) is 12.5 Å². The molecule has 0 amide bonds. The summed E-state index contributed by atoms with van der Waals surface area (Å²) in [5.74, 6) is -0.203. The Morgan fingerprint density at radius 3 is 2.76 bits per heavy atom. The lowest BCUT2D eigenvalue weighted by molar-refractivity contribution is -0.0329. The normalized spacial score (nSPS) is 19.6. The summed E-state index contributed by atoms with van der Waals surface area (Å²) in [4.78, 5) is 2.40. The van der Waals surface area contributed by atoms with Gasteiger partial charge in [0.15, 0.2) is 0 Å². The summed E-state index contributed by atoms with van der Waals surface area (Å²) >= 11 is 0. The van der Waals surface area contributed by atoms with Crippen LogP contribution in [-0.4, -0.2) is 24.6 Å². The van der Waals surface area contributed by atoms with Gasteiger partial charge in [0.2, 0.25) is 0 Å². The number of hydrogen-bond acceptors (Lipinski definition) is 2. The molecule has 2 nitrogen and oxygen atoms in total. The van der Waals surface area contributed by atoms with Crippen LogP contribution in [0.1, 0.15) is 22.8 Å². The number of morpholine rings is 1. The van der Waals surface area contributed by atoms with Gasteiger partial charge in [0.25, 0.3) is 0 Å². The zero-order valence-electron chi connectivity index (χ0n) is 12.3. The second-order valence-electron chi connectivity index (χ2n) is 5.64. The molecule has 0 bridgehead atoms. The summed E-state index contributed by atoms with van der Waals surface area (Å²) in [7, 11) is 0. The van der Waals surface area contributed by atoms with Crippen LogP contribution in [-0.2, 0) is 11.3 Å². The van der Waals surface area contributed by atoms with Crippen molar-refractivity contribution < 1.29 is 9.13 Å². The number of rotatable bonds is 3. The zero-order valence-corrected chi connectivity index (χ0v) is 12.3. The second-order valence-corrected chi connectivity index (χ2v) is 5.64. The van der Waals surface area contributed by atoms with Crippen molar-refractivity contribution in [2.75, 3.05) is 19.7 Å². The van der Waals surface area contributed by atoms with E-state index in [0.29, 0.717) is 6.61 Å². The van der Waals surface area contributed by atoms with E-state index in [1.54, 1.807) is 0 Å². The van der Waals surface area contributed by atoms with Gasteiger partial charge < -0.3 is 4.74 Å². The van der Waals surface area contributed by atoms with Crippen LogP contribution >= 0.6 is 0 Å². The van der Waals surface area contributed by atoms with E-state index in [-0.39, 0.29) is 11.9 Å². The molecule has 1 fully saturated rings. The van der Waals surface area contributed by atoms with Crippen LogP contribution in [0.15, 0.2) is 48.5 Å².